The van der Waals surface area contributed by atoms with E-state index in [1.807, 2.05) is 60.7 Å². The maximum atomic E-state index is 13.0. The molecule has 0 aliphatic rings. The van der Waals surface area contributed by atoms with Crippen molar-refractivity contribution in [3.63, 3.8) is 0 Å². The largest absolute Gasteiger partial charge is 0.465 e. The van der Waals surface area contributed by atoms with Crippen LogP contribution < -0.4 is 9.13 Å². The fourth-order valence-corrected chi connectivity index (χ4v) is 4.90. The Morgan fingerprint density at radius 3 is 1.56 bits per heavy atom. The van der Waals surface area contributed by atoms with Gasteiger partial charge in [-0.2, -0.15) is 0 Å². The molecule has 2 aromatic heterocycles. The van der Waals surface area contributed by atoms with E-state index in [-0.39, 0.29) is 11.9 Å². The molecule has 4 nitrogen and oxygen atoms in total. The van der Waals surface area contributed by atoms with E-state index in [4.69, 9.17) is 4.74 Å². The lowest BCUT2D eigenvalue weighted by atomic mass is 9.91. The Balaban J connectivity index is 1.16. The van der Waals surface area contributed by atoms with E-state index in [0.29, 0.717) is 6.61 Å². The lowest BCUT2D eigenvalue weighted by Crippen LogP contribution is -2.33. The Morgan fingerprint density at radius 2 is 1.08 bits per heavy atom. The van der Waals surface area contributed by atoms with E-state index in [2.05, 4.69) is 65.1 Å². The zero-order valence-electron chi connectivity index (χ0n) is 23.3. The molecule has 0 radical (unpaired) electrons. The van der Waals surface area contributed by atoms with Crippen molar-refractivity contribution in [1.82, 2.24) is 0 Å². The average molecular weight is 523 g/mol. The summed E-state index contributed by atoms with van der Waals surface area (Å²) in [4.78, 5) is 13.0. The summed E-state index contributed by atoms with van der Waals surface area (Å²) in [5.74, 6) is -0.554. The highest BCUT2D eigenvalue weighted by molar-refractivity contribution is 5.82. The molecule has 0 aliphatic carbocycles. The summed E-state index contributed by atoms with van der Waals surface area (Å²) in [6, 6.07) is 28.6. The minimum absolute atomic E-state index is 0.173. The van der Waals surface area contributed by atoms with Crippen LogP contribution >= 0.6 is 0 Å². The van der Waals surface area contributed by atoms with Gasteiger partial charge < -0.3 is 4.74 Å². The van der Waals surface area contributed by atoms with Crippen LogP contribution in [-0.4, -0.2) is 12.6 Å². The smallest absolute Gasteiger partial charge is 0.317 e. The first-order chi connectivity index (χ1) is 19.2. The third-order valence-electron chi connectivity index (χ3n) is 7.19. The van der Waals surface area contributed by atoms with Crippen LogP contribution in [0.25, 0.3) is 11.1 Å². The van der Waals surface area contributed by atoms with Crippen LogP contribution in [0.4, 0.5) is 0 Å². The van der Waals surface area contributed by atoms with Crippen molar-refractivity contribution >= 4 is 5.97 Å². The summed E-state index contributed by atoms with van der Waals surface area (Å²) in [5, 5.41) is 0. The molecule has 4 heteroatoms. The number of esters is 1. The van der Waals surface area contributed by atoms with Gasteiger partial charge in [-0.25, -0.2) is 9.13 Å². The molecule has 2 heterocycles. The molecule has 39 heavy (non-hydrogen) atoms. The Labute approximate surface area is 233 Å². The number of hydrogen-bond donors (Lipinski definition) is 0. The van der Waals surface area contributed by atoms with Gasteiger partial charge in [-0.05, 0) is 47.9 Å². The number of carbonyl (C=O) groups is 1. The number of aryl methyl sites for hydroxylation is 2. The fourth-order valence-electron chi connectivity index (χ4n) is 4.90. The van der Waals surface area contributed by atoms with Crippen LogP contribution in [0.2, 0.25) is 0 Å². The molecule has 4 aromatic rings. The first-order valence-corrected chi connectivity index (χ1v) is 14.5. The molecule has 0 saturated carbocycles. The summed E-state index contributed by atoms with van der Waals surface area (Å²) in [6.45, 7) is 4.79. The maximum absolute atomic E-state index is 13.0. The van der Waals surface area contributed by atoms with Crippen molar-refractivity contribution in [2.75, 3.05) is 6.61 Å². The molecule has 0 N–H and O–H groups in total. The molecular weight excluding hydrogens is 480 g/mol. The topological polar surface area (TPSA) is 34.1 Å². The summed E-state index contributed by atoms with van der Waals surface area (Å²) in [6.07, 6.45) is 16.7. The van der Waals surface area contributed by atoms with Crippen LogP contribution in [0.5, 0.6) is 0 Å². The fraction of sp³-hybridized carbons (Fsp3) is 0.343. The number of ether oxygens (including phenoxy) is 1. The lowest BCUT2D eigenvalue weighted by Gasteiger charge is -2.17. The number of hydrogen-bond acceptors (Lipinski definition) is 2. The van der Waals surface area contributed by atoms with Crippen molar-refractivity contribution in [2.24, 2.45) is 0 Å². The van der Waals surface area contributed by atoms with Crippen molar-refractivity contribution in [3.05, 3.63) is 121 Å². The van der Waals surface area contributed by atoms with Gasteiger partial charge in [0, 0.05) is 37.1 Å². The van der Waals surface area contributed by atoms with Gasteiger partial charge in [0.2, 0.25) is 0 Å². The lowest BCUT2D eigenvalue weighted by molar-refractivity contribution is -0.697. The molecule has 0 amide bonds. The number of pyridine rings is 2. The molecule has 0 fully saturated rings. The highest BCUT2D eigenvalue weighted by atomic mass is 16.5. The van der Waals surface area contributed by atoms with Gasteiger partial charge >= 0.3 is 5.97 Å². The van der Waals surface area contributed by atoms with Gasteiger partial charge in [-0.15, -0.1) is 0 Å². The third kappa shape index (κ3) is 8.88. The molecule has 0 spiro atoms. The van der Waals surface area contributed by atoms with E-state index < -0.39 is 0 Å². The van der Waals surface area contributed by atoms with Crippen LogP contribution in [-0.2, 0) is 22.6 Å². The van der Waals surface area contributed by atoms with Gasteiger partial charge in [0.1, 0.15) is 19.0 Å². The van der Waals surface area contributed by atoms with Crippen LogP contribution in [0.1, 0.15) is 68.9 Å². The Bertz CT molecular complexity index is 1200. The molecule has 0 unspecified atom stereocenters. The predicted molar refractivity (Wildman–Crippen MR) is 156 cm³/mol. The molecule has 0 aliphatic heterocycles. The second-order valence-corrected chi connectivity index (χ2v) is 10.2. The van der Waals surface area contributed by atoms with Gasteiger partial charge in [0.05, 0.1) is 6.61 Å². The highest BCUT2D eigenvalue weighted by Gasteiger charge is 2.23. The number of carbonyl (C=O) groups excluding carboxylic acids is 1. The van der Waals surface area contributed by atoms with Gasteiger partial charge in [-0.1, -0.05) is 74.0 Å². The van der Waals surface area contributed by atoms with Gasteiger partial charge in [0.15, 0.2) is 24.8 Å². The van der Waals surface area contributed by atoms with E-state index in [9.17, 15) is 4.79 Å². The molecule has 202 valence electrons. The quantitative estimate of drug-likeness (QED) is 0.0952. The first kappa shape index (κ1) is 28.2. The zero-order valence-corrected chi connectivity index (χ0v) is 23.3. The minimum atomic E-state index is -0.380. The Morgan fingerprint density at radius 1 is 0.615 bits per heavy atom. The summed E-state index contributed by atoms with van der Waals surface area (Å²) in [5.41, 5.74) is 4.44. The van der Waals surface area contributed by atoms with Gasteiger partial charge in [0.25, 0.3) is 0 Å². The Kier molecular flexibility index (Phi) is 11.3. The SMILES string of the molecule is CCCCC[n+]1ccc(-c2cc[n+](CCCCCCOC(=O)C(c3ccccc3)c3ccccc3)cc2)cc1. The molecule has 0 bridgehead atoms. The average Bonchev–Trinajstić information content (AvgIpc) is 2.99. The van der Waals surface area contributed by atoms with Crippen molar-refractivity contribution in [3.8, 4) is 11.1 Å². The molecule has 0 atom stereocenters. The number of benzene rings is 2. The molecule has 0 saturated heterocycles. The first-order valence-electron chi connectivity index (χ1n) is 14.5. The second-order valence-electron chi connectivity index (χ2n) is 10.2. The normalized spacial score (nSPS) is 11.0. The van der Waals surface area contributed by atoms with Gasteiger partial charge in [-0.3, -0.25) is 4.79 Å². The summed E-state index contributed by atoms with van der Waals surface area (Å²) < 4.78 is 10.2. The monoisotopic (exact) mass is 522 g/mol. The number of unbranched alkanes of at least 4 members (excludes halogenated alkanes) is 5. The number of aromatic nitrogens is 2. The highest BCUT2D eigenvalue weighted by Crippen LogP contribution is 2.26. The molecule has 4 rings (SSSR count). The molecular formula is C35H42N2O2+2. The minimum Gasteiger partial charge on any atom is -0.465 e. The van der Waals surface area contributed by atoms with E-state index in [0.717, 1.165) is 49.9 Å². The number of rotatable bonds is 15. The van der Waals surface area contributed by atoms with Crippen LogP contribution in [0, 0.1) is 0 Å². The number of nitrogens with zero attached hydrogens (tertiary/aromatic N) is 2. The van der Waals surface area contributed by atoms with E-state index in [1.165, 1.54) is 30.4 Å². The predicted octanol–water partition coefficient (Wildman–Crippen LogP) is 7.05. The summed E-state index contributed by atoms with van der Waals surface area (Å²) >= 11 is 0. The molecule has 2 aromatic carbocycles. The van der Waals surface area contributed by atoms with E-state index >= 15 is 0 Å². The van der Waals surface area contributed by atoms with Crippen molar-refractivity contribution < 1.29 is 18.7 Å². The maximum Gasteiger partial charge on any atom is 0.317 e. The summed E-state index contributed by atoms with van der Waals surface area (Å²) in [7, 11) is 0. The Hall–Kier alpha value is -3.79. The van der Waals surface area contributed by atoms with Crippen molar-refractivity contribution in [2.45, 2.75) is 70.9 Å². The van der Waals surface area contributed by atoms with Crippen LogP contribution in [0.3, 0.4) is 0 Å². The standard InChI is InChI=1S/C35H42N2O2/c1-2-3-12-23-36-25-19-30(20-26-36)31-21-27-37(28-22-31)24-13-4-5-14-29-39-35(38)34(32-15-8-6-9-16-32)33-17-10-7-11-18-33/h6-11,15-22,25-28,34H,2-5,12-14,23-24,29H2,1H3/q+2. The van der Waals surface area contributed by atoms with E-state index in [1.54, 1.807) is 0 Å². The zero-order chi connectivity index (χ0) is 27.1. The third-order valence-corrected chi connectivity index (χ3v) is 7.19. The van der Waals surface area contributed by atoms with Crippen molar-refractivity contribution in [1.29, 1.82) is 0 Å². The second kappa shape index (κ2) is 15.6. The van der Waals surface area contributed by atoms with Crippen LogP contribution in [0.15, 0.2) is 110 Å².